The van der Waals surface area contributed by atoms with Gasteiger partial charge in [0, 0.05) is 31.7 Å². The molecule has 3 aromatic rings. The Kier molecular flexibility index (Phi) is 6.33. The smallest absolute Gasteiger partial charge is 0.348 e. The first kappa shape index (κ1) is 25.0. The van der Waals surface area contributed by atoms with Crippen molar-refractivity contribution in [3.05, 3.63) is 70.9 Å². The predicted octanol–water partition coefficient (Wildman–Crippen LogP) is 4.49. The highest BCUT2D eigenvalue weighted by atomic mass is 19.4. The number of ketones is 1. The van der Waals surface area contributed by atoms with Gasteiger partial charge >= 0.3 is 6.18 Å². The standard InChI is InChI=1S/C26H24F3N5O3/c1-17-20(15-33-34(17)23-5-3-19(14-32-23)26(27,28)29)21(35)12-18-2-4-22(31-13-18)24(16-30)6-8-25(9-7-24)36-10-11-37-25/h2-5,13-15H,6-12H2,1H3. The van der Waals surface area contributed by atoms with E-state index in [1.54, 1.807) is 25.3 Å². The van der Waals surface area contributed by atoms with Crippen molar-refractivity contribution in [1.29, 1.82) is 5.26 Å². The average Bonchev–Trinajstić information content (AvgIpc) is 3.51. The first-order chi connectivity index (χ1) is 17.6. The van der Waals surface area contributed by atoms with Gasteiger partial charge in [-0.25, -0.2) is 9.67 Å². The highest BCUT2D eigenvalue weighted by Crippen LogP contribution is 2.45. The molecule has 3 aromatic heterocycles. The second-order valence-corrected chi connectivity index (χ2v) is 9.41. The topological polar surface area (TPSA) is 103 Å². The van der Waals surface area contributed by atoms with E-state index in [0.29, 0.717) is 61.4 Å². The van der Waals surface area contributed by atoms with Crippen LogP contribution in [0.1, 0.15) is 58.6 Å². The zero-order chi connectivity index (χ0) is 26.3. The van der Waals surface area contributed by atoms with Crippen LogP contribution in [0.5, 0.6) is 0 Å². The van der Waals surface area contributed by atoms with Crippen molar-refractivity contribution in [1.82, 2.24) is 19.7 Å². The molecule has 0 amide bonds. The maximum absolute atomic E-state index is 13.0. The fourth-order valence-electron chi connectivity index (χ4n) is 4.95. The van der Waals surface area contributed by atoms with Gasteiger partial charge in [-0.1, -0.05) is 6.07 Å². The minimum Gasteiger partial charge on any atom is -0.348 e. The number of ether oxygens (including phenoxy) is 2. The molecular weight excluding hydrogens is 487 g/mol. The molecule has 0 unspecified atom stereocenters. The average molecular weight is 512 g/mol. The molecule has 0 radical (unpaired) electrons. The maximum Gasteiger partial charge on any atom is 0.417 e. The molecule has 1 spiro atoms. The fourth-order valence-corrected chi connectivity index (χ4v) is 4.95. The van der Waals surface area contributed by atoms with Gasteiger partial charge in [0.05, 0.1) is 53.4 Å². The Morgan fingerprint density at radius 1 is 1.05 bits per heavy atom. The summed E-state index contributed by atoms with van der Waals surface area (Å²) in [6.45, 7) is 2.80. The Morgan fingerprint density at radius 2 is 1.78 bits per heavy atom. The zero-order valence-corrected chi connectivity index (χ0v) is 20.1. The van der Waals surface area contributed by atoms with E-state index < -0.39 is 22.9 Å². The SMILES string of the molecule is Cc1c(C(=O)Cc2ccc(C3(C#N)CCC4(CC3)OCCO4)nc2)cnn1-c1ccc(C(F)(F)F)cn1. The molecule has 1 saturated heterocycles. The summed E-state index contributed by atoms with van der Waals surface area (Å²) in [6.07, 6.45) is 1.70. The molecule has 1 saturated carbocycles. The van der Waals surface area contributed by atoms with Gasteiger partial charge in [0.1, 0.15) is 0 Å². The lowest BCUT2D eigenvalue weighted by atomic mass is 9.70. The lowest BCUT2D eigenvalue weighted by Gasteiger charge is -2.39. The summed E-state index contributed by atoms with van der Waals surface area (Å²) < 4.78 is 51.3. The van der Waals surface area contributed by atoms with Crippen molar-refractivity contribution >= 4 is 5.78 Å². The van der Waals surface area contributed by atoms with Crippen LogP contribution in [0.3, 0.4) is 0 Å². The number of hydrogen-bond acceptors (Lipinski definition) is 7. The summed E-state index contributed by atoms with van der Waals surface area (Å²) in [5, 5.41) is 14.1. The van der Waals surface area contributed by atoms with Gasteiger partial charge in [0.25, 0.3) is 0 Å². The summed E-state index contributed by atoms with van der Waals surface area (Å²) >= 11 is 0. The van der Waals surface area contributed by atoms with Crippen LogP contribution in [0.25, 0.3) is 5.82 Å². The first-order valence-corrected chi connectivity index (χ1v) is 11.9. The molecule has 1 aliphatic heterocycles. The molecule has 4 heterocycles. The summed E-state index contributed by atoms with van der Waals surface area (Å²) in [7, 11) is 0. The van der Waals surface area contributed by atoms with Gasteiger partial charge < -0.3 is 9.47 Å². The molecule has 5 rings (SSSR count). The van der Waals surface area contributed by atoms with E-state index in [0.717, 1.165) is 12.3 Å². The zero-order valence-electron chi connectivity index (χ0n) is 20.1. The van der Waals surface area contributed by atoms with E-state index in [4.69, 9.17) is 9.47 Å². The number of aromatic nitrogens is 4. The molecule has 192 valence electrons. The van der Waals surface area contributed by atoms with Crippen LogP contribution in [0, 0.1) is 18.3 Å². The van der Waals surface area contributed by atoms with Crippen LogP contribution >= 0.6 is 0 Å². The molecule has 2 aliphatic rings. The lowest BCUT2D eigenvalue weighted by molar-refractivity contribution is -0.182. The number of pyridine rings is 2. The number of nitrogens with zero attached hydrogens (tertiary/aromatic N) is 5. The van der Waals surface area contributed by atoms with E-state index >= 15 is 0 Å². The van der Waals surface area contributed by atoms with Gasteiger partial charge in [-0.2, -0.15) is 23.5 Å². The normalized spacial score (nSPS) is 18.6. The highest BCUT2D eigenvalue weighted by molar-refractivity contribution is 5.98. The van der Waals surface area contributed by atoms with Crippen LogP contribution in [-0.4, -0.2) is 44.5 Å². The number of halogens is 3. The molecule has 0 bridgehead atoms. The van der Waals surface area contributed by atoms with Gasteiger partial charge in [0.2, 0.25) is 0 Å². The molecule has 0 atom stereocenters. The Hall–Kier alpha value is -3.62. The number of carbonyl (C=O) groups is 1. The molecule has 0 N–H and O–H groups in total. The molecule has 2 fully saturated rings. The number of rotatable bonds is 5. The minimum atomic E-state index is -4.49. The molecule has 11 heteroatoms. The largest absolute Gasteiger partial charge is 0.417 e. The summed E-state index contributed by atoms with van der Waals surface area (Å²) in [5.74, 6) is -0.611. The van der Waals surface area contributed by atoms with E-state index in [9.17, 15) is 23.2 Å². The quantitative estimate of drug-likeness (QED) is 0.465. The van der Waals surface area contributed by atoms with Crippen LogP contribution in [0.2, 0.25) is 0 Å². The van der Waals surface area contributed by atoms with Gasteiger partial charge in [-0.3, -0.25) is 9.78 Å². The number of hydrogen-bond donors (Lipinski definition) is 0. The van der Waals surface area contributed by atoms with Crippen LogP contribution in [-0.2, 0) is 27.5 Å². The second-order valence-electron chi connectivity index (χ2n) is 9.41. The molecule has 8 nitrogen and oxygen atoms in total. The van der Waals surface area contributed by atoms with E-state index in [2.05, 4.69) is 21.1 Å². The van der Waals surface area contributed by atoms with Crippen LogP contribution in [0.15, 0.2) is 42.9 Å². The van der Waals surface area contributed by atoms with E-state index in [1.165, 1.54) is 16.9 Å². The maximum atomic E-state index is 13.0. The minimum absolute atomic E-state index is 0.0601. The van der Waals surface area contributed by atoms with E-state index in [1.807, 2.05) is 0 Å². The third-order valence-electron chi connectivity index (χ3n) is 7.18. The third-order valence-corrected chi connectivity index (χ3v) is 7.18. The van der Waals surface area contributed by atoms with Crippen molar-refractivity contribution in [3.8, 4) is 11.9 Å². The Labute approximate surface area is 211 Å². The third kappa shape index (κ3) is 4.74. The van der Waals surface area contributed by atoms with Crippen molar-refractivity contribution < 1.29 is 27.4 Å². The monoisotopic (exact) mass is 511 g/mol. The molecule has 0 aromatic carbocycles. The highest BCUT2D eigenvalue weighted by Gasteiger charge is 2.48. The van der Waals surface area contributed by atoms with Crippen LogP contribution < -0.4 is 0 Å². The van der Waals surface area contributed by atoms with Gasteiger partial charge in [0.15, 0.2) is 17.4 Å². The number of nitriles is 1. The first-order valence-electron chi connectivity index (χ1n) is 11.9. The summed E-state index contributed by atoms with van der Waals surface area (Å²) in [5.41, 5.74) is 0.563. The molecule has 37 heavy (non-hydrogen) atoms. The lowest BCUT2D eigenvalue weighted by Crippen LogP contribution is -2.41. The fraction of sp³-hybridized carbons (Fsp3) is 0.423. The number of Topliss-reactive ketones (excluding diaryl/α,β-unsaturated/α-hetero) is 1. The van der Waals surface area contributed by atoms with Gasteiger partial charge in [-0.15, -0.1) is 0 Å². The Morgan fingerprint density at radius 3 is 2.35 bits per heavy atom. The predicted molar refractivity (Wildman–Crippen MR) is 124 cm³/mol. The summed E-state index contributed by atoms with van der Waals surface area (Å²) in [4.78, 5) is 21.4. The Balaban J connectivity index is 1.27. The second kappa shape index (κ2) is 9.36. The van der Waals surface area contributed by atoms with Crippen LogP contribution in [0.4, 0.5) is 13.2 Å². The summed E-state index contributed by atoms with van der Waals surface area (Å²) in [6, 6.07) is 8.17. The molecular formula is C26H24F3N5O3. The Bertz CT molecular complexity index is 1330. The number of alkyl halides is 3. The molecule has 1 aliphatic carbocycles. The van der Waals surface area contributed by atoms with Crippen molar-refractivity contribution in [2.24, 2.45) is 0 Å². The van der Waals surface area contributed by atoms with Crippen molar-refractivity contribution in [2.45, 2.75) is 56.4 Å². The number of carbonyl (C=O) groups excluding carboxylic acids is 1. The van der Waals surface area contributed by atoms with E-state index in [-0.39, 0.29) is 18.0 Å². The van der Waals surface area contributed by atoms with Crippen molar-refractivity contribution in [2.75, 3.05) is 13.2 Å². The van der Waals surface area contributed by atoms with Gasteiger partial charge in [-0.05, 0) is 43.5 Å². The van der Waals surface area contributed by atoms with Crippen molar-refractivity contribution in [3.63, 3.8) is 0 Å².